The van der Waals surface area contributed by atoms with E-state index >= 15 is 0 Å². The Bertz CT molecular complexity index is 5140. The van der Waals surface area contributed by atoms with E-state index in [1.807, 2.05) is 58.9 Å². The molecule has 4 aromatic heterocycles. The number of nitrogens with one attached hydrogen (secondary N) is 3. The molecule has 0 unspecified atom stereocenters. The summed E-state index contributed by atoms with van der Waals surface area (Å²) in [7, 11) is 0. The van der Waals surface area contributed by atoms with Crippen LogP contribution < -0.4 is 25.4 Å². The first-order valence-electron chi connectivity index (χ1n) is 28.3. The van der Waals surface area contributed by atoms with Crippen molar-refractivity contribution in [1.82, 2.24) is 60.0 Å². The van der Waals surface area contributed by atoms with Crippen LogP contribution in [0.25, 0.3) is 66.9 Å². The van der Waals surface area contributed by atoms with Crippen LogP contribution in [-0.4, -0.2) is 105 Å². The lowest BCUT2D eigenvalue weighted by molar-refractivity contribution is 0.101. The minimum atomic E-state index is -0.588. The van der Waals surface area contributed by atoms with Gasteiger partial charge in [-0.15, -0.1) is 60.0 Å². The lowest BCUT2D eigenvalue weighted by Gasteiger charge is -2.18. The normalized spacial score (nSPS) is 11.6. The van der Waals surface area contributed by atoms with Crippen molar-refractivity contribution in [3.63, 3.8) is 0 Å². The van der Waals surface area contributed by atoms with E-state index in [1.54, 1.807) is 130 Å². The van der Waals surface area contributed by atoms with Gasteiger partial charge in [0.2, 0.25) is 0 Å². The standard InChI is InChI=1S/C66H56N16O8/c1-33-17-37(5)61(83)57(21-33)79-71-45-13-9-41(25-53(45)75-79)65(87)69-51-29-49(67-31-89-43-11-15-47-55(27-43)77-81(73-47)59-23-35(3)19-39(7)63(59)85)50(68-32-90-44-12-16-48-56(28-44)78-82(74-48)60-24-36(4)20-40(8)64(60)86)30-52(51)70-66(88)42-10-14-46-54(26-42)76-80(72-46)58-22-34(2)18-38(6)62(58)84/h9-31,68,83-86H,32H2,1-8H3,(H,69,87)(H,70,88). The van der Waals surface area contributed by atoms with Gasteiger partial charge in [0, 0.05) is 23.3 Å². The third kappa shape index (κ3) is 11.1. The van der Waals surface area contributed by atoms with Crippen LogP contribution in [0.2, 0.25) is 0 Å². The second kappa shape index (κ2) is 22.6. The summed E-state index contributed by atoms with van der Waals surface area (Å²) < 4.78 is 12.4. The van der Waals surface area contributed by atoms with Crippen molar-refractivity contribution in [2.24, 2.45) is 4.99 Å². The molecule has 7 N–H and O–H groups in total. The van der Waals surface area contributed by atoms with Gasteiger partial charge < -0.3 is 45.9 Å². The molecular weight excluding hydrogens is 1140 g/mol. The zero-order valence-corrected chi connectivity index (χ0v) is 49.7. The lowest BCUT2D eigenvalue weighted by atomic mass is 10.1. The van der Waals surface area contributed by atoms with E-state index in [2.05, 4.69) is 56.7 Å². The van der Waals surface area contributed by atoms with E-state index in [9.17, 15) is 30.0 Å². The molecule has 24 nitrogen and oxygen atoms in total. The zero-order chi connectivity index (χ0) is 62.8. The SMILES string of the molecule is Cc1cc(C)c(O)c(-n2nc3ccc(OC=Nc4cc(NC(=O)c5ccc6nn(-c7cc(C)cc(C)c7O)nc6c5)c(NC(=O)c5ccc6nn(-c7cc(C)cc(C)c7O)nc6c5)cc4NCOc4ccc5nn(-c6cc(C)cc(C)c6O)nc5c4)cc3n2)c1. The van der Waals surface area contributed by atoms with Crippen LogP contribution in [0.4, 0.5) is 22.7 Å². The molecule has 0 fully saturated rings. The minimum absolute atomic E-state index is 0.0188. The maximum atomic E-state index is 14.6. The van der Waals surface area contributed by atoms with Gasteiger partial charge in [0.25, 0.3) is 11.8 Å². The molecule has 2 amide bonds. The smallest absolute Gasteiger partial charge is 0.255 e. The van der Waals surface area contributed by atoms with Crippen LogP contribution in [0, 0.1) is 55.4 Å². The van der Waals surface area contributed by atoms with Gasteiger partial charge in [0.1, 0.15) is 101 Å². The van der Waals surface area contributed by atoms with Crippen molar-refractivity contribution in [3.05, 3.63) is 189 Å². The Labute approximate surface area is 511 Å². The van der Waals surface area contributed by atoms with Gasteiger partial charge in [-0.05, 0) is 197 Å². The highest BCUT2D eigenvalue weighted by Gasteiger charge is 2.22. The highest BCUT2D eigenvalue weighted by molar-refractivity contribution is 6.12. The number of aryl methyl sites for hydroxylation is 8. The topological polar surface area (TPSA) is 305 Å². The molecule has 24 heteroatoms. The number of aromatic hydroxyl groups is 4. The van der Waals surface area contributed by atoms with Crippen LogP contribution >= 0.6 is 0 Å². The molecule has 13 rings (SSSR count). The van der Waals surface area contributed by atoms with Gasteiger partial charge in [-0.2, -0.15) is 0 Å². The monoisotopic (exact) mass is 1200 g/mol. The van der Waals surface area contributed by atoms with Gasteiger partial charge in [0.15, 0.2) is 13.1 Å². The van der Waals surface area contributed by atoms with Crippen molar-refractivity contribution < 1.29 is 39.5 Å². The summed E-state index contributed by atoms with van der Waals surface area (Å²) in [6.07, 6.45) is 1.21. The number of hydrogen-bond acceptors (Lipinski definition) is 18. The summed E-state index contributed by atoms with van der Waals surface area (Å²) in [6, 6.07) is 37.6. The summed E-state index contributed by atoms with van der Waals surface area (Å²) in [6.45, 7) is 14.7. The van der Waals surface area contributed by atoms with E-state index in [4.69, 9.17) is 14.5 Å². The molecule has 90 heavy (non-hydrogen) atoms. The fourth-order valence-electron chi connectivity index (χ4n) is 10.6. The number of phenols is 4. The molecule has 0 saturated heterocycles. The first-order chi connectivity index (χ1) is 43.2. The summed E-state index contributed by atoms with van der Waals surface area (Å²) >= 11 is 0. The summed E-state index contributed by atoms with van der Waals surface area (Å²) in [5, 5.41) is 89.9. The third-order valence-electron chi connectivity index (χ3n) is 15.1. The number of carbonyl (C=O) groups is 2. The average Bonchev–Trinajstić information content (AvgIpc) is 3.82. The van der Waals surface area contributed by atoms with Gasteiger partial charge >= 0.3 is 0 Å². The molecule has 0 aliphatic heterocycles. The molecule has 4 heterocycles. The number of amides is 2. The van der Waals surface area contributed by atoms with Crippen molar-refractivity contribution in [2.75, 3.05) is 22.7 Å². The summed E-state index contributed by atoms with van der Waals surface area (Å²) in [5.41, 5.74) is 12.8. The van der Waals surface area contributed by atoms with Crippen LogP contribution in [0.5, 0.6) is 34.5 Å². The average molecular weight is 1200 g/mol. The van der Waals surface area contributed by atoms with Crippen molar-refractivity contribution >= 4 is 85.1 Å². The lowest BCUT2D eigenvalue weighted by Crippen LogP contribution is -2.18. The Balaban J connectivity index is 0.858. The van der Waals surface area contributed by atoms with Crippen molar-refractivity contribution in [3.8, 4) is 57.2 Å². The number of benzene rings is 9. The first kappa shape index (κ1) is 56.9. The second-order valence-electron chi connectivity index (χ2n) is 22.1. The number of phenolic OH excluding ortho intramolecular Hbond substituents is 4. The molecule has 13 aromatic rings. The predicted molar refractivity (Wildman–Crippen MR) is 340 cm³/mol. The molecule has 0 aliphatic carbocycles. The van der Waals surface area contributed by atoms with Gasteiger partial charge in [-0.1, -0.05) is 24.3 Å². The van der Waals surface area contributed by atoms with Crippen molar-refractivity contribution in [1.29, 1.82) is 0 Å². The molecule has 9 aromatic carbocycles. The van der Waals surface area contributed by atoms with Crippen LogP contribution in [-0.2, 0) is 0 Å². The number of carbonyl (C=O) groups excluding carboxylic acids is 2. The summed E-state index contributed by atoms with van der Waals surface area (Å²) in [5.74, 6) is -0.248. The fraction of sp³-hybridized carbons (Fsp3) is 0.136. The number of hydrogen-bond donors (Lipinski definition) is 7. The molecule has 448 valence electrons. The number of ether oxygens (including phenoxy) is 2. The maximum absolute atomic E-state index is 14.6. The fourth-order valence-corrected chi connectivity index (χ4v) is 10.6. The first-order valence-corrected chi connectivity index (χ1v) is 28.3. The molecule has 0 saturated carbocycles. The van der Waals surface area contributed by atoms with Crippen molar-refractivity contribution in [2.45, 2.75) is 55.4 Å². The van der Waals surface area contributed by atoms with E-state index < -0.39 is 11.8 Å². The van der Waals surface area contributed by atoms with E-state index in [1.165, 1.54) is 25.6 Å². The quantitative estimate of drug-likeness (QED) is 0.0285. The number of rotatable bonds is 15. The number of anilines is 3. The number of fused-ring (bicyclic) bond motifs is 4. The second-order valence-corrected chi connectivity index (χ2v) is 22.1. The highest BCUT2D eigenvalue weighted by Crippen LogP contribution is 2.38. The molecular formula is C66H56N16O8. The van der Waals surface area contributed by atoms with Gasteiger partial charge in [-0.3, -0.25) is 9.59 Å². The summed E-state index contributed by atoms with van der Waals surface area (Å²) in [4.78, 5) is 39.4. The predicted octanol–water partition coefficient (Wildman–Crippen LogP) is 11.6. The van der Waals surface area contributed by atoms with Crippen LogP contribution in [0.3, 0.4) is 0 Å². The molecule has 0 atom stereocenters. The number of nitrogens with zero attached hydrogens (tertiary/aromatic N) is 13. The van der Waals surface area contributed by atoms with Crippen LogP contribution in [0.1, 0.15) is 65.2 Å². The number of aromatic nitrogens is 12. The Morgan fingerprint density at radius 2 is 0.756 bits per heavy atom. The molecule has 0 radical (unpaired) electrons. The van der Waals surface area contributed by atoms with E-state index in [0.717, 1.165) is 22.3 Å². The Kier molecular flexibility index (Phi) is 14.3. The highest BCUT2D eigenvalue weighted by atomic mass is 16.5. The Morgan fingerprint density at radius 1 is 0.411 bits per heavy atom. The van der Waals surface area contributed by atoms with Gasteiger partial charge in [0.05, 0.1) is 22.7 Å². The molecule has 0 aliphatic rings. The maximum Gasteiger partial charge on any atom is 0.255 e. The molecule has 0 bridgehead atoms. The Hall–Kier alpha value is -12.2. The van der Waals surface area contributed by atoms with Gasteiger partial charge in [-0.25, -0.2) is 4.99 Å². The minimum Gasteiger partial charge on any atom is -0.505 e. The number of aliphatic imine (C=N–C) groups is 1. The third-order valence-corrected chi connectivity index (χ3v) is 15.1. The van der Waals surface area contributed by atoms with Crippen LogP contribution in [0.15, 0.2) is 138 Å². The van der Waals surface area contributed by atoms with E-state index in [0.29, 0.717) is 106 Å². The Morgan fingerprint density at radius 3 is 1.17 bits per heavy atom. The molecule has 0 spiro atoms. The largest absolute Gasteiger partial charge is 0.505 e. The zero-order valence-electron chi connectivity index (χ0n) is 49.7. The van der Waals surface area contributed by atoms with E-state index in [-0.39, 0.29) is 57.9 Å².